The molecule has 3 atom stereocenters. The topological polar surface area (TPSA) is 114 Å². The zero-order valence-corrected chi connectivity index (χ0v) is 20.3. The smallest absolute Gasteiger partial charge is 0.160 e. The molecule has 4 rings (SSSR count). The maximum Gasteiger partial charge on any atom is 0.160 e. The number of hydrogen-bond acceptors (Lipinski definition) is 8. The highest BCUT2D eigenvalue weighted by Crippen LogP contribution is 2.35. The van der Waals surface area contributed by atoms with Crippen molar-refractivity contribution in [1.29, 1.82) is 0 Å². The van der Waals surface area contributed by atoms with Crippen molar-refractivity contribution in [2.75, 3.05) is 20.2 Å². The number of nitrogens with zero attached hydrogens (tertiary/aromatic N) is 3. The van der Waals surface area contributed by atoms with Crippen LogP contribution in [-0.2, 0) is 6.42 Å². The van der Waals surface area contributed by atoms with E-state index in [1.54, 1.807) is 7.05 Å². The lowest BCUT2D eigenvalue weighted by Gasteiger charge is -2.16. The van der Waals surface area contributed by atoms with Crippen molar-refractivity contribution in [2.24, 2.45) is 5.92 Å². The van der Waals surface area contributed by atoms with E-state index in [1.807, 2.05) is 45.0 Å². The van der Waals surface area contributed by atoms with Gasteiger partial charge in [-0.25, -0.2) is 9.97 Å². The van der Waals surface area contributed by atoms with Gasteiger partial charge in [0.15, 0.2) is 5.82 Å². The molecule has 2 heterocycles. The second-order valence-electron chi connectivity index (χ2n) is 9.25. The molecule has 34 heavy (non-hydrogen) atoms. The minimum atomic E-state index is -0.594. The van der Waals surface area contributed by atoms with Crippen LogP contribution in [0.5, 0.6) is 5.75 Å². The summed E-state index contributed by atoms with van der Waals surface area (Å²) in [4.78, 5) is 9.92. The minimum Gasteiger partial charge on any atom is -0.491 e. The third-order valence-electron chi connectivity index (χ3n) is 6.49. The highest BCUT2D eigenvalue weighted by atomic mass is 16.5. The molecular formula is C26H34N4O4. The summed E-state index contributed by atoms with van der Waals surface area (Å²) < 4.78 is 11.2. The minimum absolute atomic E-state index is 0.193. The molecule has 0 spiro atoms. The van der Waals surface area contributed by atoms with Gasteiger partial charge in [0.25, 0.3) is 0 Å². The Morgan fingerprint density at radius 2 is 2.03 bits per heavy atom. The Labute approximate surface area is 200 Å². The van der Waals surface area contributed by atoms with Crippen LogP contribution in [0, 0.1) is 26.7 Å². The number of aromatic nitrogens is 3. The van der Waals surface area contributed by atoms with Gasteiger partial charge in [0.05, 0.1) is 23.1 Å². The predicted molar refractivity (Wildman–Crippen MR) is 130 cm³/mol. The van der Waals surface area contributed by atoms with Gasteiger partial charge in [-0.3, -0.25) is 0 Å². The van der Waals surface area contributed by atoms with Crippen molar-refractivity contribution in [3.8, 4) is 28.4 Å². The Morgan fingerprint density at radius 1 is 1.21 bits per heavy atom. The molecule has 8 heteroatoms. The van der Waals surface area contributed by atoms with Crippen LogP contribution in [0.2, 0.25) is 0 Å². The number of aryl methyl sites for hydroxylation is 2. The zero-order chi connectivity index (χ0) is 24.2. The third kappa shape index (κ3) is 5.46. The van der Waals surface area contributed by atoms with Gasteiger partial charge in [0.1, 0.15) is 24.2 Å². The fraction of sp³-hybridized carbons (Fsp3) is 0.500. The predicted octanol–water partition coefficient (Wildman–Crippen LogP) is 3.39. The number of likely N-dealkylation sites (N-methyl/N-ethyl adjacent to an activating group) is 1. The highest BCUT2D eigenvalue weighted by Gasteiger charge is 2.26. The first-order valence-corrected chi connectivity index (χ1v) is 11.9. The number of ether oxygens (including phenoxy) is 1. The molecule has 1 fully saturated rings. The van der Waals surface area contributed by atoms with E-state index in [9.17, 15) is 10.2 Å². The summed E-state index contributed by atoms with van der Waals surface area (Å²) in [6.45, 7) is 6.52. The van der Waals surface area contributed by atoms with E-state index < -0.39 is 6.10 Å². The Kier molecular flexibility index (Phi) is 7.60. The van der Waals surface area contributed by atoms with E-state index >= 15 is 0 Å². The monoisotopic (exact) mass is 466 g/mol. The van der Waals surface area contributed by atoms with Crippen LogP contribution in [0.15, 0.2) is 28.8 Å². The van der Waals surface area contributed by atoms with Crippen LogP contribution in [0.3, 0.4) is 0 Å². The Balaban J connectivity index is 1.71. The number of rotatable bonds is 9. The molecule has 3 N–H and O–H groups in total. The van der Waals surface area contributed by atoms with E-state index in [2.05, 4.69) is 10.5 Å². The maximum absolute atomic E-state index is 10.0. The molecule has 0 amide bonds. The lowest BCUT2D eigenvalue weighted by atomic mass is 9.96. The van der Waals surface area contributed by atoms with Gasteiger partial charge in [-0.1, -0.05) is 17.3 Å². The van der Waals surface area contributed by atoms with E-state index in [1.165, 1.54) is 0 Å². The van der Waals surface area contributed by atoms with E-state index in [0.29, 0.717) is 24.0 Å². The molecule has 8 nitrogen and oxygen atoms in total. The zero-order valence-electron chi connectivity index (χ0n) is 20.3. The van der Waals surface area contributed by atoms with Gasteiger partial charge in [-0.05, 0) is 77.1 Å². The second-order valence-corrected chi connectivity index (χ2v) is 9.25. The highest BCUT2D eigenvalue weighted by molar-refractivity contribution is 5.71. The lowest BCUT2D eigenvalue weighted by Crippen LogP contribution is -2.29. The lowest BCUT2D eigenvalue weighted by molar-refractivity contribution is 0.108. The summed E-state index contributed by atoms with van der Waals surface area (Å²) in [6, 6.07) is 7.62. The van der Waals surface area contributed by atoms with Gasteiger partial charge in [-0.15, -0.1) is 0 Å². The molecule has 0 radical (unpaired) electrons. The van der Waals surface area contributed by atoms with E-state index in [0.717, 1.165) is 65.2 Å². The number of benzene rings is 1. The quantitative estimate of drug-likeness (QED) is 0.440. The second kappa shape index (κ2) is 10.6. The summed E-state index contributed by atoms with van der Waals surface area (Å²) in [5.41, 5.74) is 5.35. The molecule has 0 saturated heterocycles. The SMILES string of the molecule is CNCC(O)COc1cccc(-c2nc(C[C@H]3CC[C@H](O)C3)c(C)c(-c3c(C)noc3C)n2)c1. The van der Waals surface area contributed by atoms with Crippen LogP contribution in [-0.4, -0.2) is 57.7 Å². The number of aliphatic hydroxyl groups excluding tert-OH is 2. The molecule has 182 valence electrons. The normalized spacial score (nSPS) is 18.9. The van der Waals surface area contributed by atoms with E-state index in [4.69, 9.17) is 19.2 Å². The van der Waals surface area contributed by atoms with Gasteiger partial charge < -0.3 is 24.8 Å². The Hall–Kier alpha value is -2.81. The first-order valence-electron chi connectivity index (χ1n) is 11.9. The number of hydrogen-bond donors (Lipinski definition) is 3. The Morgan fingerprint density at radius 3 is 2.71 bits per heavy atom. The molecule has 3 aromatic rings. The summed E-state index contributed by atoms with van der Waals surface area (Å²) >= 11 is 0. The van der Waals surface area contributed by atoms with Crippen molar-refractivity contribution < 1.29 is 19.5 Å². The summed E-state index contributed by atoms with van der Waals surface area (Å²) in [6.07, 6.45) is 2.62. The molecule has 0 bridgehead atoms. The van der Waals surface area contributed by atoms with Gasteiger partial charge in [-0.2, -0.15) is 0 Å². The van der Waals surface area contributed by atoms with Gasteiger partial charge in [0.2, 0.25) is 0 Å². The van der Waals surface area contributed by atoms with Crippen LogP contribution in [0.25, 0.3) is 22.6 Å². The molecule has 1 aromatic carbocycles. The largest absolute Gasteiger partial charge is 0.491 e. The molecule has 1 aliphatic carbocycles. The van der Waals surface area contributed by atoms with Crippen LogP contribution in [0.4, 0.5) is 0 Å². The number of nitrogens with one attached hydrogen (secondary N) is 1. The summed E-state index contributed by atoms with van der Waals surface area (Å²) in [5.74, 6) is 2.38. The molecule has 2 aromatic heterocycles. The molecule has 1 aliphatic rings. The fourth-order valence-electron chi connectivity index (χ4n) is 4.67. The van der Waals surface area contributed by atoms with Gasteiger partial charge >= 0.3 is 0 Å². The van der Waals surface area contributed by atoms with Crippen molar-refractivity contribution in [1.82, 2.24) is 20.4 Å². The van der Waals surface area contributed by atoms with Crippen molar-refractivity contribution >= 4 is 0 Å². The first kappa shape index (κ1) is 24.3. The fourth-order valence-corrected chi connectivity index (χ4v) is 4.67. The Bertz CT molecular complexity index is 1110. The first-order chi connectivity index (χ1) is 16.4. The standard InChI is InChI=1S/C26H34N4O4/c1-15-23(11-18-8-9-20(31)10-18)28-26(29-25(15)24-16(2)30-34-17(24)3)19-6-5-7-22(12-19)33-14-21(32)13-27-4/h5-7,12,18,20-21,27,31-32H,8-11,13-14H2,1-4H3/t18-,20-,21?/m0/s1. The van der Waals surface area contributed by atoms with E-state index in [-0.39, 0.29) is 12.7 Å². The maximum atomic E-state index is 10.0. The van der Waals surface area contributed by atoms with Gasteiger partial charge in [0, 0.05) is 17.8 Å². The molecular weight excluding hydrogens is 432 g/mol. The van der Waals surface area contributed by atoms with Crippen molar-refractivity contribution in [3.63, 3.8) is 0 Å². The van der Waals surface area contributed by atoms with Crippen LogP contribution < -0.4 is 10.1 Å². The van der Waals surface area contributed by atoms with Crippen LogP contribution >= 0.6 is 0 Å². The average molecular weight is 467 g/mol. The molecule has 0 aliphatic heterocycles. The van der Waals surface area contributed by atoms with Crippen molar-refractivity contribution in [3.05, 3.63) is 47.0 Å². The summed E-state index contributed by atoms with van der Waals surface area (Å²) in [5, 5.41) is 27.1. The summed E-state index contributed by atoms with van der Waals surface area (Å²) in [7, 11) is 1.79. The average Bonchev–Trinajstić information content (AvgIpc) is 3.38. The van der Waals surface area contributed by atoms with Crippen molar-refractivity contribution in [2.45, 2.75) is 58.7 Å². The molecule has 1 unspecified atom stereocenters. The molecule has 1 saturated carbocycles. The van der Waals surface area contributed by atoms with Crippen LogP contribution in [0.1, 0.15) is 42.0 Å². The number of aliphatic hydroxyl groups is 2. The third-order valence-corrected chi connectivity index (χ3v) is 6.49.